The Morgan fingerprint density at radius 2 is 2.15 bits per heavy atom. The second-order valence-electron chi connectivity index (χ2n) is 5.83. The zero-order valence-electron chi connectivity index (χ0n) is 12.7. The second kappa shape index (κ2) is 6.45. The number of amides is 1. The number of aromatic nitrogens is 2. The Labute approximate surface area is 124 Å². The molecule has 0 bridgehead atoms. The van der Waals surface area contributed by atoms with Crippen LogP contribution in [0.25, 0.3) is 0 Å². The lowest BCUT2D eigenvalue weighted by atomic mass is 10.1. The number of alkyl carbamates (subject to hydrolysis) is 1. The molecule has 1 atom stereocenters. The highest BCUT2D eigenvalue weighted by molar-refractivity contribution is 6.30. The molecule has 0 aliphatic rings. The molecule has 1 aromatic rings. The van der Waals surface area contributed by atoms with E-state index < -0.39 is 11.7 Å². The highest BCUT2D eigenvalue weighted by Gasteiger charge is 2.18. The Kier molecular flexibility index (Phi) is 5.42. The SMILES string of the molecule is Cc1nn(C)c(Cl)c1CC(N)CNC(=O)OC(C)(C)C. The van der Waals surface area contributed by atoms with Gasteiger partial charge in [0.1, 0.15) is 10.8 Å². The maximum Gasteiger partial charge on any atom is 0.407 e. The molecule has 7 heteroatoms. The van der Waals surface area contributed by atoms with Crippen LogP contribution < -0.4 is 11.1 Å². The molecule has 1 unspecified atom stereocenters. The fourth-order valence-corrected chi connectivity index (χ4v) is 2.02. The lowest BCUT2D eigenvalue weighted by Gasteiger charge is -2.20. The van der Waals surface area contributed by atoms with E-state index >= 15 is 0 Å². The first-order valence-electron chi connectivity index (χ1n) is 6.50. The van der Waals surface area contributed by atoms with Crippen molar-refractivity contribution < 1.29 is 9.53 Å². The zero-order chi connectivity index (χ0) is 15.5. The van der Waals surface area contributed by atoms with Crippen LogP contribution in [0.2, 0.25) is 5.15 Å². The number of ether oxygens (including phenoxy) is 1. The molecule has 20 heavy (non-hydrogen) atoms. The smallest absolute Gasteiger partial charge is 0.407 e. The quantitative estimate of drug-likeness (QED) is 0.888. The fourth-order valence-electron chi connectivity index (χ4n) is 1.77. The van der Waals surface area contributed by atoms with Gasteiger partial charge >= 0.3 is 6.09 Å². The summed E-state index contributed by atoms with van der Waals surface area (Å²) < 4.78 is 6.75. The fraction of sp³-hybridized carbons (Fsp3) is 0.692. The van der Waals surface area contributed by atoms with Gasteiger partial charge in [0.2, 0.25) is 0 Å². The summed E-state index contributed by atoms with van der Waals surface area (Å²) in [5, 5.41) is 7.45. The van der Waals surface area contributed by atoms with Crippen LogP contribution >= 0.6 is 11.6 Å². The molecule has 0 saturated heterocycles. The predicted molar refractivity (Wildman–Crippen MR) is 78.9 cm³/mol. The van der Waals surface area contributed by atoms with Crippen molar-refractivity contribution in [3.8, 4) is 0 Å². The first kappa shape index (κ1) is 16.8. The monoisotopic (exact) mass is 302 g/mol. The third-order valence-electron chi connectivity index (χ3n) is 2.64. The van der Waals surface area contributed by atoms with Crippen molar-refractivity contribution in [2.45, 2.75) is 45.8 Å². The van der Waals surface area contributed by atoms with Crippen LogP contribution in [0.5, 0.6) is 0 Å². The number of nitrogens with zero attached hydrogens (tertiary/aromatic N) is 2. The van der Waals surface area contributed by atoms with Crippen molar-refractivity contribution in [2.24, 2.45) is 12.8 Å². The van der Waals surface area contributed by atoms with Crippen LogP contribution in [0, 0.1) is 6.92 Å². The number of nitrogens with one attached hydrogen (secondary N) is 1. The van der Waals surface area contributed by atoms with E-state index in [-0.39, 0.29) is 6.04 Å². The number of aryl methyl sites for hydroxylation is 2. The number of nitrogens with two attached hydrogens (primary N) is 1. The summed E-state index contributed by atoms with van der Waals surface area (Å²) in [4.78, 5) is 11.5. The summed E-state index contributed by atoms with van der Waals surface area (Å²) >= 11 is 6.14. The van der Waals surface area contributed by atoms with Gasteiger partial charge in [0, 0.05) is 25.2 Å². The molecule has 1 rings (SSSR count). The number of carbonyl (C=O) groups is 1. The predicted octanol–water partition coefficient (Wildman–Crippen LogP) is 1.78. The van der Waals surface area contributed by atoms with Crippen molar-refractivity contribution in [1.29, 1.82) is 0 Å². The first-order valence-corrected chi connectivity index (χ1v) is 6.88. The van der Waals surface area contributed by atoms with Crippen molar-refractivity contribution in [3.05, 3.63) is 16.4 Å². The Bertz CT molecular complexity index is 479. The molecular weight excluding hydrogens is 280 g/mol. The lowest BCUT2D eigenvalue weighted by molar-refractivity contribution is 0.0524. The van der Waals surface area contributed by atoms with Crippen LogP contribution in [-0.2, 0) is 18.2 Å². The third-order valence-corrected chi connectivity index (χ3v) is 3.12. The van der Waals surface area contributed by atoms with Crippen molar-refractivity contribution in [2.75, 3.05) is 6.54 Å². The van der Waals surface area contributed by atoms with Gasteiger partial charge in [0.05, 0.1) is 5.69 Å². The molecule has 3 N–H and O–H groups in total. The third kappa shape index (κ3) is 5.02. The maximum absolute atomic E-state index is 11.5. The molecule has 1 amide bonds. The molecule has 0 fully saturated rings. The molecule has 1 aromatic heterocycles. The van der Waals surface area contributed by atoms with Crippen molar-refractivity contribution in [3.63, 3.8) is 0 Å². The summed E-state index contributed by atoms with van der Waals surface area (Å²) in [6.07, 6.45) is 0.0795. The number of hydrogen-bond donors (Lipinski definition) is 2. The molecule has 0 saturated carbocycles. The van der Waals surface area contributed by atoms with E-state index in [1.54, 1.807) is 11.7 Å². The highest BCUT2D eigenvalue weighted by Crippen LogP contribution is 2.19. The van der Waals surface area contributed by atoms with E-state index in [9.17, 15) is 4.79 Å². The zero-order valence-corrected chi connectivity index (χ0v) is 13.4. The van der Waals surface area contributed by atoms with E-state index in [0.29, 0.717) is 18.1 Å². The summed E-state index contributed by atoms with van der Waals surface area (Å²) in [7, 11) is 1.78. The van der Waals surface area contributed by atoms with Gasteiger partial charge in [-0.05, 0) is 34.1 Å². The Morgan fingerprint density at radius 1 is 1.55 bits per heavy atom. The second-order valence-corrected chi connectivity index (χ2v) is 6.18. The summed E-state index contributed by atoms with van der Waals surface area (Å²) in [6.45, 7) is 7.64. The Hall–Kier alpha value is -1.27. The van der Waals surface area contributed by atoms with Crippen LogP contribution in [0.1, 0.15) is 32.0 Å². The minimum atomic E-state index is -0.516. The van der Waals surface area contributed by atoms with Gasteiger partial charge in [-0.3, -0.25) is 4.68 Å². The molecule has 1 heterocycles. The van der Waals surface area contributed by atoms with Gasteiger partial charge in [-0.15, -0.1) is 0 Å². The lowest BCUT2D eigenvalue weighted by Crippen LogP contribution is -2.41. The molecule has 0 aliphatic carbocycles. The molecular formula is C13H23ClN4O2. The minimum Gasteiger partial charge on any atom is -0.444 e. The first-order chi connectivity index (χ1) is 9.10. The molecule has 0 aliphatic heterocycles. The number of halogens is 1. The number of carbonyl (C=O) groups excluding carboxylic acids is 1. The normalized spacial score (nSPS) is 13.2. The van der Waals surface area contributed by atoms with Gasteiger partial charge in [-0.2, -0.15) is 5.10 Å². The van der Waals surface area contributed by atoms with E-state index in [0.717, 1.165) is 11.3 Å². The van der Waals surface area contributed by atoms with Gasteiger partial charge < -0.3 is 15.8 Å². The largest absolute Gasteiger partial charge is 0.444 e. The van der Waals surface area contributed by atoms with E-state index in [1.807, 2.05) is 27.7 Å². The van der Waals surface area contributed by atoms with Crippen LogP contribution in [-0.4, -0.2) is 34.1 Å². The van der Waals surface area contributed by atoms with Crippen molar-refractivity contribution in [1.82, 2.24) is 15.1 Å². The standard InChI is InChI=1S/C13H23ClN4O2/c1-8-10(11(14)18(5)17-8)6-9(15)7-16-12(19)20-13(2,3)4/h9H,6-7,15H2,1-5H3,(H,16,19). The number of hydrogen-bond acceptors (Lipinski definition) is 4. The highest BCUT2D eigenvalue weighted by atomic mass is 35.5. The maximum atomic E-state index is 11.5. The molecule has 6 nitrogen and oxygen atoms in total. The van der Waals surface area contributed by atoms with Crippen LogP contribution in [0.3, 0.4) is 0 Å². The minimum absolute atomic E-state index is 0.247. The average molecular weight is 303 g/mol. The van der Waals surface area contributed by atoms with Crippen LogP contribution in [0.15, 0.2) is 0 Å². The van der Waals surface area contributed by atoms with Gasteiger partial charge in [0.25, 0.3) is 0 Å². The summed E-state index contributed by atoms with van der Waals surface area (Å²) in [6, 6.07) is -0.247. The number of rotatable bonds is 4. The Morgan fingerprint density at radius 3 is 2.60 bits per heavy atom. The average Bonchev–Trinajstić information content (AvgIpc) is 2.51. The molecule has 0 aromatic carbocycles. The van der Waals surface area contributed by atoms with Gasteiger partial charge in [0.15, 0.2) is 0 Å². The topological polar surface area (TPSA) is 82.2 Å². The summed E-state index contributed by atoms with van der Waals surface area (Å²) in [5.74, 6) is 0. The molecule has 0 spiro atoms. The molecule has 114 valence electrons. The van der Waals surface area contributed by atoms with E-state index in [4.69, 9.17) is 22.1 Å². The van der Waals surface area contributed by atoms with Crippen LogP contribution in [0.4, 0.5) is 4.79 Å². The van der Waals surface area contributed by atoms with Gasteiger partial charge in [-0.1, -0.05) is 11.6 Å². The van der Waals surface area contributed by atoms with Crippen molar-refractivity contribution >= 4 is 17.7 Å². The Balaban J connectivity index is 2.48. The van der Waals surface area contributed by atoms with Gasteiger partial charge in [-0.25, -0.2) is 4.79 Å². The van der Waals surface area contributed by atoms with E-state index in [2.05, 4.69) is 10.4 Å². The molecule has 0 radical (unpaired) electrons. The van der Waals surface area contributed by atoms with E-state index in [1.165, 1.54) is 0 Å². The summed E-state index contributed by atoms with van der Waals surface area (Å²) in [5.41, 5.74) is 7.24.